The van der Waals surface area contributed by atoms with Gasteiger partial charge in [-0.05, 0) is 60.7 Å². The normalized spacial score (nSPS) is 11.7. The first-order valence-electron chi connectivity index (χ1n) is 9.86. The van der Waals surface area contributed by atoms with Crippen molar-refractivity contribution in [2.75, 3.05) is 5.75 Å². The van der Waals surface area contributed by atoms with Gasteiger partial charge in [0.15, 0.2) is 15.6 Å². The lowest BCUT2D eigenvalue weighted by Gasteiger charge is -2.12. The van der Waals surface area contributed by atoms with E-state index >= 15 is 0 Å². The number of rotatable bonds is 6. The molecule has 0 N–H and O–H groups in total. The minimum absolute atomic E-state index is 0.00858. The molecule has 0 aliphatic heterocycles. The Morgan fingerprint density at radius 2 is 1.81 bits per heavy atom. The topological polar surface area (TPSA) is 73.2 Å². The van der Waals surface area contributed by atoms with Gasteiger partial charge in [0.05, 0.1) is 10.0 Å². The van der Waals surface area contributed by atoms with Crippen molar-refractivity contribution in [3.05, 3.63) is 92.2 Å². The Labute approximate surface area is 194 Å². The predicted molar refractivity (Wildman–Crippen MR) is 129 cm³/mol. The van der Waals surface area contributed by atoms with Crippen LogP contribution in [0.5, 0.6) is 0 Å². The van der Waals surface area contributed by atoms with Crippen LogP contribution in [0.1, 0.15) is 16.7 Å². The van der Waals surface area contributed by atoms with Crippen LogP contribution in [-0.2, 0) is 21.1 Å². The third kappa shape index (κ3) is 4.55. The third-order valence-corrected chi connectivity index (χ3v) is 8.68. The predicted octanol–water partition coefficient (Wildman–Crippen LogP) is 4.91. The van der Waals surface area contributed by atoms with E-state index in [1.807, 2.05) is 44.2 Å². The highest BCUT2D eigenvalue weighted by Crippen LogP contribution is 2.26. The molecule has 4 aromatic rings. The number of sulfone groups is 1. The summed E-state index contributed by atoms with van der Waals surface area (Å²) >= 11 is 6.75. The summed E-state index contributed by atoms with van der Waals surface area (Å²) in [5, 5.41) is 1.52. The average Bonchev–Trinajstić information content (AvgIpc) is 3.16. The molecule has 0 amide bonds. The van der Waals surface area contributed by atoms with Crippen LogP contribution in [-0.4, -0.2) is 24.5 Å². The first-order valence-corrected chi connectivity index (χ1v) is 12.7. The van der Waals surface area contributed by atoms with Crippen LogP contribution in [0.3, 0.4) is 0 Å². The first-order chi connectivity index (χ1) is 15.1. The molecule has 0 spiro atoms. The molecule has 4 rings (SSSR count). The Hall–Kier alpha value is -2.74. The van der Waals surface area contributed by atoms with Crippen molar-refractivity contribution in [3.63, 3.8) is 0 Å². The van der Waals surface area contributed by atoms with E-state index in [1.54, 1.807) is 22.9 Å². The highest BCUT2D eigenvalue weighted by molar-refractivity contribution is 7.94. The van der Waals surface area contributed by atoms with Crippen LogP contribution in [0.25, 0.3) is 16.5 Å². The van der Waals surface area contributed by atoms with E-state index in [0.29, 0.717) is 15.3 Å². The summed E-state index contributed by atoms with van der Waals surface area (Å²) in [6, 6.07) is 15.9. The van der Waals surface area contributed by atoms with Gasteiger partial charge >= 0.3 is 0 Å². The van der Waals surface area contributed by atoms with Crippen molar-refractivity contribution < 1.29 is 13.2 Å². The second-order valence-corrected chi connectivity index (χ2v) is 11.7. The summed E-state index contributed by atoms with van der Waals surface area (Å²) in [5.74, 6) is -0.978. The molecule has 5 nitrogen and oxygen atoms in total. The van der Waals surface area contributed by atoms with Crippen LogP contribution in [0.15, 0.2) is 69.8 Å². The number of carbonyl (C=O) groups excluding carboxylic acids is 1. The second-order valence-electron chi connectivity index (χ2n) is 7.74. The Morgan fingerprint density at radius 3 is 2.50 bits per heavy atom. The van der Waals surface area contributed by atoms with E-state index in [0.717, 1.165) is 33.5 Å². The lowest BCUT2D eigenvalue weighted by Crippen LogP contribution is -2.19. The first kappa shape index (κ1) is 22.5. The van der Waals surface area contributed by atoms with Gasteiger partial charge in [0.25, 0.3) is 5.56 Å². The molecule has 0 aliphatic rings. The zero-order valence-electron chi connectivity index (χ0n) is 17.5. The van der Waals surface area contributed by atoms with Crippen molar-refractivity contribution in [1.82, 2.24) is 4.57 Å². The molecule has 0 bridgehead atoms. The zero-order valence-corrected chi connectivity index (χ0v) is 19.9. The van der Waals surface area contributed by atoms with E-state index in [4.69, 9.17) is 11.6 Å². The summed E-state index contributed by atoms with van der Waals surface area (Å²) in [6.45, 7) is 3.84. The monoisotopic (exact) mass is 485 g/mol. The van der Waals surface area contributed by atoms with Gasteiger partial charge in [0, 0.05) is 18.0 Å². The van der Waals surface area contributed by atoms with Gasteiger partial charge in [-0.1, -0.05) is 41.4 Å². The molecule has 32 heavy (non-hydrogen) atoms. The van der Waals surface area contributed by atoms with E-state index in [-0.39, 0.29) is 16.2 Å². The standard InChI is InChI=1S/C24H20ClNO4S2/c1-15-3-5-20-18(11-15)9-10-26(24(20)28)21-6-4-17(12-16(21)2)13-19(27)14-32(29,30)23-8-7-22(25)31-23/h3-12H,13-14H2,1-2H3. The fourth-order valence-electron chi connectivity index (χ4n) is 3.68. The third-order valence-electron chi connectivity index (χ3n) is 5.19. The molecule has 2 aromatic carbocycles. The Bertz CT molecular complexity index is 1520. The molecule has 0 saturated carbocycles. The summed E-state index contributed by atoms with van der Waals surface area (Å²) in [6.07, 6.45) is 1.74. The minimum atomic E-state index is -3.71. The maximum Gasteiger partial charge on any atom is 0.262 e. The molecule has 164 valence electrons. The fraction of sp³-hybridized carbons (Fsp3) is 0.167. The number of halogens is 1. The van der Waals surface area contributed by atoms with Crippen LogP contribution in [0, 0.1) is 13.8 Å². The van der Waals surface area contributed by atoms with Crippen LogP contribution >= 0.6 is 22.9 Å². The minimum Gasteiger partial charge on any atom is -0.298 e. The largest absolute Gasteiger partial charge is 0.298 e. The molecule has 8 heteroatoms. The van der Waals surface area contributed by atoms with Crippen molar-refractivity contribution in [1.29, 1.82) is 0 Å². The number of nitrogens with zero attached hydrogens (tertiary/aromatic N) is 1. The molecule has 0 aliphatic carbocycles. The molecule has 0 unspecified atom stereocenters. The van der Waals surface area contributed by atoms with Gasteiger partial charge in [0.2, 0.25) is 0 Å². The van der Waals surface area contributed by atoms with Crippen molar-refractivity contribution >= 4 is 49.3 Å². The molecule has 0 atom stereocenters. The number of fused-ring (bicyclic) bond motifs is 1. The highest BCUT2D eigenvalue weighted by Gasteiger charge is 2.21. The summed E-state index contributed by atoms with van der Waals surface area (Å²) < 4.78 is 26.9. The smallest absolute Gasteiger partial charge is 0.262 e. The van der Waals surface area contributed by atoms with E-state index in [2.05, 4.69) is 0 Å². The number of aromatic nitrogens is 1. The van der Waals surface area contributed by atoms with Crippen LogP contribution in [0.2, 0.25) is 4.34 Å². The fourth-order valence-corrected chi connectivity index (χ4v) is 6.49. The molecule has 2 heterocycles. The second kappa shape index (κ2) is 8.65. The lowest BCUT2D eigenvalue weighted by atomic mass is 10.0. The number of aryl methyl sites for hydroxylation is 2. The summed E-state index contributed by atoms with van der Waals surface area (Å²) in [7, 11) is -3.71. The number of ketones is 1. The maximum absolute atomic E-state index is 13.0. The number of hydrogen-bond acceptors (Lipinski definition) is 5. The molecule has 2 aromatic heterocycles. The Morgan fingerprint density at radius 1 is 1.03 bits per heavy atom. The number of Topliss-reactive ketones (excluding diaryl/α,β-unsaturated/α-hetero) is 1. The summed E-state index contributed by atoms with van der Waals surface area (Å²) in [4.78, 5) is 25.4. The zero-order chi connectivity index (χ0) is 23.0. The van der Waals surface area contributed by atoms with Gasteiger partial charge in [-0.15, -0.1) is 11.3 Å². The highest BCUT2D eigenvalue weighted by atomic mass is 35.5. The molecule has 0 radical (unpaired) electrons. The SMILES string of the molecule is Cc1ccc2c(=O)n(-c3ccc(CC(=O)CS(=O)(=O)c4ccc(Cl)s4)cc3C)ccc2c1. The quantitative estimate of drug-likeness (QED) is 0.389. The lowest BCUT2D eigenvalue weighted by molar-refractivity contribution is -0.116. The van der Waals surface area contributed by atoms with Crippen molar-refractivity contribution in [2.45, 2.75) is 24.5 Å². The average molecular weight is 486 g/mol. The van der Waals surface area contributed by atoms with Gasteiger partial charge in [0.1, 0.15) is 9.96 Å². The van der Waals surface area contributed by atoms with E-state index in [9.17, 15) is 18.0 Å². The van der Waals surface area contributed by atoms with Gasteiger partial charge in [-0.2, -0.15) is 0 Å². The van der Waals surface area contributed by atoms with Crippen molar-refractivity contribution in [2.24, 2.45) is 0 Å². The number of hydrogen-bond donors (Lipinski definition) is 0. The molecule has 0 saturated heterocycles. The van der Waals surface area contributed by atoms with Crippen LogP contribution < -0.4 is 5.56 Å². The Kier molecular flexibility index (Phi) is 6.07. The molecular formula is C24H20ClNO4S2. The number of benzene rings is 2. The van der Waals surface area contributed by atoms with Gasteiger partial charge < -0.3 is 0 Å². The van der Waals surface area contributed by atoms with Gasteiger partial charge in [-0.3, -0.25) is 14.2 Å². The number of carbonyl (C=O) groups is 1. The molecule has 0 fully saturated rings. The summed E-state index contributed by atoms with van der Waals surface area (Å²) in [5.41, 5.74) is 3.20. The van der Waals surface area contributed by atoms with Gasteiger partial charge in [-0.25, -0.2) is 8.42 Å². The van der Waals surface area contributed by atoms with E-state index < -0.39 is 21.4 Å². The Balaban J connectivity index is 1.57. The van der Waals surface area contributed by atoms with Crippen LogP contribution in [0.4, 0.5) is 0 Å². The number of pyridine rings is 1. The number of thiophene rings is 1. The van der Waals surface area contributed by atoms with Crippen molar-refractivity contribution in [3.8, 4) is 5.69 Å². The molecular weight excluding hydrogens is 466 g/mol. The van der Waals surface area contributed by atoms with E-state index in [1.165, 1.54) is 12.1 Å². The maximum atomic E-state index is 13.0.